The van der Waals surface area contributed by atoms with E-state index in [1.54, 1.807) is 18.2 Å². The lowest BCUT2D eigenvalue weighted by Crippen LogP contribution is -2.47. The number of nitrogens with one attached hydrogen (secondary N) is 1. The Balaban J connectivity index is 1.50. The van der Waals surface area contributed by atoms with Gasteiger partial charge in [0.25, 0.3) is 0 Å². The monoisotopic (exact) mass is 354 g/mol. The second kappa shape index (κ2) is 8.58. The highest BCUT2D eigenvalue weighted by atomic mass is 16.5. The van der Waals surface area contributed by atoms with Crippen LogP contribution in [0.4, 0.5) is 17.1 Å². The highest BCUT2D eigenvalue weighted by Gasteiger charge is 2.18. The summed E-state index contributed by atoms with van der Waals surface area (Å²) in [6.07, 6.45) is 0. The van der Waals surface area contributed by atoms with Crippen LogP contribution in [-0.2, 0) is 4.74 Å². The van der Waals surface area contributed by atoms with Crippen LogP contribution in [0, 0.1) is 0 Å². The molecular formula is C20H26N4O2. The number of benzene rings is 2. The van der Waals surface area contributed by atoms with Crippen LogP contribution < -0.4 is 16.0 Å². The summed E-state index contributed by atoms with van der Waals surface area (Å²) >= 11 is 0. The van der Waals surface area contributed by atoms with Gasteiger partial charge in [0.2, 0.25) is 0 Å². The smallest absolute Gasteiger partial charge is 0.340 e. The van der Waals surface area contributed by atoms with Crippen molar-refractivity contribution in [3.05, 3.63) is 54.1 Å². The van der Waals surface area contributed by atoms with Crippen molar-refractivity contribution < 1.29 is 9.53 Å². The number of ether oxygens (including phenoxy) is 1. The molecule has 0 aliphatic carbocycles. The SMILES string of the molecule is COC(=O)c1cccc(N)c1NCCN1CCN(c2ccccc2)CC1. The van der Waals surface area contributed by atoms with E-state index in [4.69, 9.17) is 10.5 Å². The van der Waals surface area contributed by atoms with Crippen LogP contribution in [0.5, 0.6) is 0 Å². The standard InChI is InChI=1S/C20H26N4O2/c1-26-20(25)17-8-5-9-18(21)19(17)22-10-11-23-12-14-24(15-13-23)16-6-3-2-4-7-16/h2-9,22H,10-15,21H2,1H3. The first-order valence-corrected chi connectivity index (χ1v) is 8.92. The van der Waals surface area contributed by atoms with E-state index >= 15 is 0 Å². The third-order valence-electron chi connectivity index (χ3n) is 4.73. The molecule has 2 aromatic rings. The lowest BCUT2D eigenvalue weighted by molar-refractivity contribution is 0.0602. The summed E-state index contributed by atoms with van der Waals surface area (Å²) in [6.45, 7) is 5.70. The predicted molar refractivity (Wildman–Crippen MR) is 106 cm³/mol. The molecule has 0 atom stereocenters. The number of piperazine rings is 1. The van der Waals surface area contributed by atoms with Crippen LogP contribution >= 0.6 is 0 Å². The Morgan fingerprint density at radius 3 is 2.50 bits per heavy atom. The molecule has 0 amide bonds. The summed E-state index contributed by atoms with van der Waals surface area (Å²) in [4.78, 5) is 16.7. The van der Waals surface area contributed by atoms with E-state index in [9.17, 15) is 4.79 Å². The Kier molecular flexibility index (Phi) is 5.96. The number of nitrogen functional groups attached to an aromatic ring is 1. The van der Waals surface area contributed by atoms with Crippen molar-refractivity contribution >= 4 is 23.0 Å². The fourth-order valence-corrected chi connectivity index (χ4v) is 3.26. The van der Waals surface area contributed by atoms with Gasteiger partial charge in [-0.15, -0.1) is 0 Å². The van der Waals surface area contributed by atoms with E-state index in [2.05, 4.69) is 39.4 Å². The molecule has 3 rings (SSSR count). The molecule has 2 aromatic carbocycles. The highest BCUT2D eigenvalue weighted by molar-refractivity contribution is 5.98. The first kappa shape index (κ1) is 18.1. The zero-order chi connectivity index (χ0) is 18.4. The molecule has 1 aliphatic heterocycles. The molecule has 1 aliphatic rings. The average Bonchev–Trinajstić information content (AvgIpc) is 2.69. The second-order valence-electron chi connectivity index (χ2n) is 6.35. The zero-order valence-electron chi connectivity index (χ0n) is 15.1. The number of anilines is 3. The van der Waals surface area contributed by atoms with Crippen LogP contribution in [0.15, 0.2) is 48.5 Å². The number of methoxy groups -OCH3 is 1. The second-order valence-corrected chi connectivity index (χ2v) is 6.35. The van der Waals surface area contributed by atoms with E-state index in [0.29, 0.717) is 16.9 Å². The number of hydrogen-bond donors (Lipinski definition) is 2. The maximum Gasteiger partial charge on any atom is 0.340 e. The van der Waals surface area contributed by atoms with E-state index in [1.807, 2.05) is 6.07 Å². The zero-order valence-corrected chi connectivity index (χ0v) is 15.1. The van der Waals surface area contributed by atoms with E-state index in [1.165, 1.54) is 12.8 Å². The number of carbonyl (C=O) groups is 1. The maximum absolute atomic E-state index is 11.9. The van der Waals surface area contributed by atoms with Crippen molar-refractivity contribution in [2.24, 2.45) is 0 Å². The first-order valence-electron chi connectivity index (χ1n) is 8.92. The van der Waals surface area contributed by atoms with Gasteiger partial charge in [-0.05, 0) is 24.3 Å². The molecule has 3 N–H and O–H groups in total. The number of nitrogens with two attached hydrogens (primary N) is 1. The Hall–Kier alpha value is -2.73. The normalized spacial score (nSPS) is 14.9. The van der Waals surface area contributed by atoms with E-state index < -0.39 is 0 Å². The molecule has 0 aromatic heterocycles. The molecule has 1 fully saturated rings. The Morgan fingerprint density at radius 1 is 1.08 bits per heavy atom. The largest absolute Gasteiger partial charge is 0.465 e. The van der Waals surface area contributed by atoms with Gasteiger partial charge in [-0.25, -0.2) is 4.79 Å². The third kappa shape index (κ3) is 4.26. The highest BCUT2D eigenvalue weighted by Crippen LogP contribution is 2.24. The van der Waals surface area contributed by atoms with Crippen LogP contribution in [0.1, 0.15) is 10.4 Å². The van der Waals surface area contributed by atoms with Gasteiger partial charge in [0, 0.05) is 45.0 Å². The van der Waals surface area contributed by atoms with Gasteiger partial charge in [-0.1, -0.05) is 24.3 Å². The van der Waals surface area contributed by atoms with Crippen molar-refractivity contribution in [2.75, 3.05) is 62.3 Å². The van der Waals surface area contributed by atoms with Crippen LogP contribution in [0.2, 0.25) is 0 Å². The molecule has 0 saturated carbocycles. The molecule has 0 spiro atoms. The van der Waals surface area contributed by atoms with Gasteiger partial charge in [0.05, 0.1) is 24.0 Å². The molecule has 1 saturated heterocycles. The quantitative estimate of drug-likeness (QED) is 0.613. The molecule has 6 heteroatoms. The lowest BCUT2D eigenvalue weighted by atomic mass is 10.1. The number of rotatable bonds is 6. The van der Waals surface area contributed by atoms with Crippen LogP contribution in [0.3, 0.4) is 0 Å². The summed E-state index contributed by atoms with van der Waals surface area (Å²) in [5.41, 5.74) is 8.99. The number of nitrogens with zero attached hydrogens (tertiary/aromatic N) is 2. The molecule has 6 nitrogen and oxygen atoms in total. The summed E-state index contributed by atoms with van der Waals surface area (Å²) < 4.78 is 4.83. The summed E-state index contributed by atoms with van der Waals surface area (Å²) in [7, 11) is 1.38. The summed E-state index contributed by atoms with van der Waals surface area (Å²) in [5.74, 6) is -0.378. The van der Waals surface area contributed by atoms with Crippen molar-refractivity contribution in [1.29, 1.82) is 0 Å². The van der Waals surface area contributed by atoms with Crippen molar-refractivity contribution in [1.82, 2.24) is 4.90 Å². The van der Waals surface area contributed by atoms with E-state index in [-0.39, 0.29) is 5.97 Å². The average molecular weight is 354 g/mol. The molecule has 26 heavy (non-hydrogen) atoms. The van der Waals surface area contributed by atoms with Gasteiger partial charge in [0.15, 0.2) is 0 Å². The maximum atomic E-state index is 11.9. The lowest BCUT2D eigenvalue weighted by Gasteiger charge is -2.36. The Bertz CT molecular complexity index is 728. The molecule has 0 unspecified atom stereocenters. The fourth-order valence-electron chi connectivity index (χ4n) is 3.26. The topological polar surface area (TPSA) is 70.8 Å². The molecule has 0 radical (unpaired) electrons. The third-order valence-corrected chi connectivity index (χ3v) is 4.73. The minimum Gasteiger partial charge on any atom is -0.465 e. The number of hydrogen-bond acceptors (Lipinski definition) is 6. The van der Waals surface area contributed by atoms with Gasteiger partial charge in [-0.3, -0.25) is 4.90 Å². The van der Waals surface area contributed by atoms with Crippen molar-refractivity contribution in [3.8, 4) is 0 Å². The van der Waals surface area contributed by atoms with Crippen LogP contribution in [0.25, 0.3) is 0 Å². The molecule has 138 valence electrons. The minimum atomic E-state index is -0.378. The number of carbonyl (C=O) groups excluding carboxylic acids is 1. The van der Waals surface area contributed by atoms with Gasteiger partial charge >= 0.3 is 5.97 Å². The van der Waals surface area contributed by atoms with E-state index in [0.717, 1.165) is 39.3 Å². The van der Waals surface area contributed by atoms with Crippen LogP contribution in [-0.4, -0.2) is 57.2 Å². The van der Waals surface area contributed by atoms with Crippen molar-refractivity contribution in [3.63, 3.8) is 0 Å². The Morgan fingerprint density at radius 2 is 1.81 bits per heavy atom. The first-order chi connectivity index (χ1) is 12.7. The van der Waals surface area contributed by atoms with Crippen molar-refractivity contribution in [2.45, 2.75) is 0 Å². The predicted octanol–water partition coefficient (Wildman–Crippen LogP) is 2.29. The van der Waals surface area contributed by atoms with Gasteiger partial charge < -0.3 is 20.7 Å². The summed E-state index contributed by atoms with van der Waals surface area (Å²) in [6, 6.07) is 15.8. The molecule has 0 bridgehead atoms. The minimum absolute atomic E-state index is 0.378. The summed E-state index contributed by atoms with van der Waals surface area (Å²) in [5, 5.41) is 3.31. The fraction of sp³-hybridized carbons (Fsp3) is 0.350. The van der Waals surface area contributed by atoms with Gasteiger partial charge in [0.1, 0.15) is 0 Å². The molecular weight excluding hydrogens is 328 g/mol. The van der Waals surface area contributed by atoms with Gasteiger partial charge in [-0.2, -0.15) is 0 Å². The number of esters is 1. The molecule has 1 heterocycles. The Labute approximate surface area is 154 Å². The number of para-hydroxylation sites is 2.